The molecule has 0 saturated heterocycles. The Labute approximate surface area is 466 Å². The van der Waals surface area contributed by atoms with E-state index in [9.17, 15) is 19.5 Å². The van der Waals surface area contributed by atoms with Gasteiger partial charge < -0.3 is 41.2 Å². The number of aliphatic hydroxyl groups is 1. The quantitative estimate of drug-likeness (QED) is 0.0241. The maximum Gasteiger partial charge on any atom is 0.407 e. The molecular weight excluding hydrogens is 973 g/mol. The highest BCUT2D eigenvalue weighted by Gasteiger charge is 2.41. The van der Waals surface area contributed by atoms with Crippen LogP contribution in [0, 0.1) is 0 Å². The van der Waals surface area contributed by atoms with Crippen LogP contribution < -0.4 is 37.2 Å². The van der Waals surface area contributed by atoms with Crippen molar-refractivity contribution in [3.05, 3.63) is 82.6 Å². The number of ketones is 1. The highest BCUT2D eigenvalue weighted by Crippen LogP contribution is 2.47. The molecule has 0 aromatic heterocycles. The van der Waals surface area contributed by atoms with E-state index in [0.29, 0.717) is 34.9 Å². The Kier molecular flexibility index (Phi) is 23.9. The fourth-order valence-electron chi connectivity index (χ4n) is 11.7. The summed E-state index contributed by atoms with van der Waals surface area (Å²) >= 11 is 0. The van der Waals surface area contributed by atoms with Crippen LogP contribution in [0.1, 0.15) is 226 Å². The summed E-state index contributed by atoms with van der Waals surface area (Å²) in [4.78, 5) is 45.7. The summed E-state index contributed by atoms with van der Waals surface area (Å²) in [5, 5.41) is 33.1. The molecule has 2 atom stereocenters. The highest BCUT2D eigenvalue weighted by molar-refractivity contribution is 6.52. The van der Waals surface area contributed by atoms with Gasteiger partial charge in [0.05, 0.1) is 22.2 Å². The third-order valence-corrected chi connectivity index (χ3v) is 16.2. The number of hydrogen-bond acceptors (Lipinski definition) is 10. The number of hydrogen-bond donors (Lipinski definition) is 6. The van der Waals surface area contributed by atoms with Gasteiger partial charge in [0.15, 0.2) is 5.66 Å². The van der Waals surface area contributed by atoms with Gasteiger partial charge >= 0.3 is 12.2 Å². The fraction of sp³-hybridized carbons (Fsp3) is 0.606. The molecular formula is C66H96N6O6. The Bertz CT molecular complexity index is 2760. The predicted molar refractivity (Wildman–Crippen MR) is 323 cm³/mol. The molecule has 12 nitrogen and oxygen atoms in total. The minimum Gasteiger partial charge on any atom is -0.506 e. The lowest BCUT2D eigenvalue weighted by Gasteiger charge is -2.39. The first kappa shape index (κ1) is 59.9. The topological polar surface area (TPSA) is 162 Å². The van der Waals surface area contributed by atoms with E-state index in [1.807, 2.05) is 74.5 Å². The van der Waals surface area contributed by atoms with E-state index in [1.165, 1.54) is 167 Å². The van der Waals surface area contributed by atoms with Gasteiger partial charge in [-0.25, -0.2) is 9.59 Å². The Morgan fingerprint density at radius 3 is 1.44 bits per heavy atom. The molecule has 0 spiro atoms. The van der Waals surface area contributed by atoms with Crippen molar-refractivity contribution in [2.45, 2.75) is 232 Å². The zero-order valence-corrected chi connectivity index (χ0v) is 48.3. The van der Waals surface area contributed by atoms with Crippen molar-refractivity contribution in [3.8, 4) is 0 Å². The maximum atomic E-state index is 14.6. The number of alkyl carbamates (subject to hydrolysis) is 2. The van der Waals surface area contributed by atoms with E-state index in [1.54, 1.807) is 0 Å². The Balaban J connectivity index is 0.905. The van der Waals surface area contributed by atoms with Crippen LogP contribution in [0.15, 0.2) is 71.4 Å². The number of carbonyl (C=O) groups is 3. The van der Waals surface area contributed by atoms with Crippen molar-refractivity contribution < 1.29 is 29.0 Å². The van der Waals surface area contributed by atoms with E-state index in [-0.39, 0.29) is 35.9 Å². The number of benzene rings is 4. The van der Waals surface area contributed by atoms with E-state index < -0.39 is 23.5 Å². The van der Waals surface area contributed by atoms with Crippen LogP contribution in [-0.4, -0.2) is 60.7 Å². The number of rotatable bonds is 37. The zero-order valence-electron chi connectivity index (χ0n) is 48.3. The largest absolute Gasteiger partial charge is 0.506 e. The van der Waals surface area contributed by atoms with E-state index >= 15 is 0 Å². The molecule has 0 saturated carbocycles. The summed E-state index contributed by atoms with van der Waals surface area (Å²) in [7, 11) is 0. The van der Waals surface area contributed by atoms with Gasteiger partial charge in [-0.15, -0.1) is 0 Å². The smallest absolute Gasteiger partial charge is 0.407 e. The SMILES string of the molecule is CCCCCCCCCCCCCCCCCNC(=O)OCC1(C)N=c2/c(=C3\C(=O)C(c4ccc5cccc6c5c4NC(C)(COC(=O)NCCCCCCCCCCCCCCCCC)N6)=C3O)ccc3cccc(c23)N1. The number of aliphatic hydroxyl groups excluding tert-OH is 1. The lowest BCUT2D eigenvalue weighted by molar-refractivity contribution is -0.109. The van der Waals surface area contributed by atoms with Crippen molar-refractivity contribution in [3.63, 3.8) is 0 Å². The predicted octanol–water partition coefficient (Wildman–Crippen LogP) is 16.2. The van der Waals surface area contributed by atoms with Crippen LogP contribution in [0.4, 0.5) is 26.7 Å². The summed E-state index contributed by atoms with van der Waals surface area (Å²) < 4.78 is 11.6. The van der Waals surface area contributed by atoms with Gasteiger partial charge in [-0.3, -0.25) is 9.79 Å². The molecule has 426 valence electrons. The Morgan fingerprint density at radius 1 is 0.513 bits per heavy atom. The van der Waals surface area contributed by atoms with Crippen LogP contribution in [0.2, 0.25) is 0 Å². The summed E-state index contributed by atoms with van der Waals surface area (Å²) in [5.74, 6) is -0.433. The van der Waals surface area contributed by atoms with Gasteiger partial charge in [0, 0.05) is 46.0 Å². The summed E-state index contributed by atoms with van der Waals surface area (Å²) in [6.45, 7) is 9.38. The average molecular weight is 1070 g/mol. The first-order chi connectivity index (χ1) is 38.0. The van der Waals surface area contributed by atoms with Crippen LogP contribution in [0.25, 0.3) is 32.7 Å². The molecule has 6 N–H and O–H groups in total. The normalized spacial score (nSPS) is 18.0. The third kappa shape index (κ3) is 17.1. The first-order valence-corrected chi connectivity index (χ1v) is 30.9. The lowest BCUT2D eigenvalue weighted by atomic mass is 9.80. The minimum absolute atomic E-state index is 0.000203. The molecule has 2 aliphatic heterocycles. The molecule has 1 aliphatic carbocycles. The average Bonchev–Trinajstić information content (AvgIpc) is 3.62. The molecule has 3 aliphatic rings. The van der Waals surface area contributed by atoms with Crippen LogP contribution in [0.3, 0.4) is 0 Å². The molecule has 78 heavy (non-hydrogen) atoms. The van der Waals surface area contributed by atoms with Crippen molar-refractivity contribution in [2.24, 2.45) is 4.99 Å². The van der Waals surface area contributed by atoms with E-state index in [2.05, 4.69) is 40.4 Å². The molecule has 2 unspecified atom stereocenters. The number of allylic oxidation sites excluding steroid dienone is 2. The number of unbranched alkanes of at least 4 members (excludes halogenated alkanes) is 28. The van der Waals surface area contributed by atoms with Crippen molar-refractivity contribution in [1.82, 2.24) is 10.6 Å². The molecule has 0 bridgehead atoms. The van der Waals surface area contributed by atoms with Crippen LogP contribution in [-0.2, 0) is 14.3 Å². The summed E-state index contributed by atoms with van der Waals surface area (Å²) in [6, 6.07) is 19.4. The number of nitrogens with zero attached hydrogens (tertiary/aromatic N) is 1. The van der Waals surface area contributed by atoms with Crippen LogP contribution >= 0.6 is 0 Å². The van der Waals surface area contributed by atoms with Crippen molar-refractivity contribution in [1.29, 1.82) is 0 Å². The molecule has 4 aromatic rings. The Morgan fingerprint density at radius 2 is 0.949 bits per heavy atom. The second-order valence-electron chi connectivity index (χ2n) is 23.2. The molecule has 12 heteroatoms. The minimum atomic E-state index is -1.05. The van der Waals surface area contributed by atoms with Crippen LogP contribution in [0.5, 0.6) is 0 Å². The Hall–Kier alpha value is -5.78. The van der Waals surface area contributed by atoms with Crippen molar-refractivity contribution >= 4 is 67.7 Å². The summed E-state index contributed by atoms with van der Waals surface area (Å²) in [6.07, 6.45) is 37.7. The number of ether oxygens (including phenoxy) is 2. The third-order valence-electron chi connectivity index (χ3n) is 16.2. The molecule has 2 amide bonds. The highest BCUT2D eigenvalue weighted by atomic mass is 16.6. The van der Waals surface area contributed by atoms with Gasteiger partial charge in [-0.1, -0.05) is 242 Å². The molecule has 7 rings (SSSR count). The molecule has 0 fully saturated rings. The maximum absolute atomic E-state index is 14.6. The number of Topliss-reactive ketones (excluding diaryl/α,β-unsaturated/α-hetero) is 1. The molecule has 0 radical (unpaired) electrons. The number of amides is 2. The van der Waals surface area contributed by atoms with Gasteiger partial charge in [-0.05, 0) is 49.6 Å². The number of nitrogens with one attached hydrogen (secondary N) is 5. The molecule has 4 aromatic carbocycles. The second kappa shape index (κ2) is 31.1. The van der Waals surface area contributed by atoms with E-state index in [0.717, 1.165) is 58.6 Å². The lowest BCUT2D eigenvalue weighted by Crippen LogP contribution is -2.50. The standard InChI is InChI=1S/C66H96N6O6/c1-5-7-9-11-13-15-17-19-21-23-25-27-29-31-33-45-67-63(75)77-47-65(3)69-53-39-35-37-49-41-43-51(59(71-65)55(49)53)57-61(73)58(62(57)74)52-44-42-50-38-36-40-54-56(50)60(52)72-66(4,70-54)48-78-64(76)68-46-34-32-30-28-26-24-22-20-18-16-14-12-10-8-6-2/h35-44,69-71,73H,5-34,45-48H2,1-4H3,(H,67,75)(H,68,76)/b58-52-. The summed E-state index contributed by atoms with van der Waals surface area (Å²) in [5.41, 5.74) is 1.22. The van der Waals surface area contributed by atoms with Gasteiger partial charge in [0.25, 0.3) is 0 Å². The van der Waals surface area contributed by atoms with Gasteiger partial charge in [-0.2, -0.15) is 0 Å². The van der Waals surface area contributed by atoms with Gasteiger partial charge in [0.2, 0.25) is 5.78 Å². The monoisotopic (exact) mass is 1070 g/mol. The fourth-order valence-corrected chi connectivity index (χ4v) is 11.7. The first-order valence-electron chi connectivity index (χ1n) is 30.9. The van der Waals surface area contributed by atoms with Gasteiger partial charge in [0.1, 0.15) is 24.6 Å². The number of anilines is 3. The zero-order chi connectivity index (χ0) is 55.0. The van der Waals surface area contributed by atoms with E-state index in [4.69, 9.17) is 14.5 Å². The molecule has 2 heterocycles. The number of carbonyl (C=O) groups excluding carboxylic acids is 3. The van der Waals surface area contributed by atoms with Crippen molar-refractivity contribution in [2.75, 3.05) is 42.3 Å². The second-order valence-corrected chi connectivity index (χ2v) is 23.2.